The van der Waals surface area contributed by atoms with Gasteiger partial charge in [0.05, 0.1) is 13.2 Å². The van der Waals surface area contributed by atoms with Gasteiger partial charge in [-0.25, -0.2) is 0 Å². The maximum atomic E-state index is 10.6. The van der Waals surface area contributed by atoms with Gasteiger partial charge in [-0.05, 0) is 6.42 Å². The lowest BCUT2D eigenvalue weighted by atomic mass is 9.97. The van der Waals surface area contributed by atoms with Gasteiger partial charge in [0.25, 0.3) is 0 Å². The molecule has 11 heteroatoms. The van der Waals surface area contributed by atoms with E-state index < -0.39 is 74.6 Å². The zero-order chi connectivity index (χ0) is 28.6. The Labute approximate surface area is 233 Å². The van der Waals surface area contributed by atoms with Crippen molar-refractivity contribution in [1.29, 1.82) is 0 Å². The van der Waals surface area contributed by atoms with Crippen LogP contribution in [0.15, 0.2) is 0 Å². The Hall–Kier alpha value is -0.440. The minimum absolute atomic E-state index is 0.322. The van der Waals surface area contributed by atoms with Gasteiger partial charge in [0.15, 0.2) is 12.6 Å². The topological polar surface area (TPSA) is 179 Å². The summed E-state index contributed by atoms with van der Waals surface area (Å²) < 4.78 is 22.1. The van der Waals surface area contributed by atoms with Gasteiger partial charge in [0.1, 0.15) is 48.8 Å². The molecule has 0 aromatic rings. The average molecular weight is 567 g/mol. The van der Waals surface area contributed by atoms with Crippen molar-refractivity contribution in [2.45, 2.75) is 158 Å². The van der Waals surface area contributed by atoms with Gasteiger partial charge in [-0.3, -0.25) is 0 Å². The fourth-order valence-corrected chi connectivity index (χ4v) is 5.19. The van der Waals surface area contributed by atoms with Gasteiger partial charge < -0.3 is 54.7 Å². The van der Waals surface area contributed by atoms with Crippen molar-refractivity contribution in [2.75, 3.05) is 19.8 Å². The zero-order valence-corrected chi connectivity index (χ0v) is 23.6. The number of aliphatic hydroxyl groups is 7. The predicted octanol–water partition coefficient (Wildman–Crippen LogP) is 1.11. The molecule has 0 aliphatic carbocycles. The summed E-state index contributed by atoms with van der Waals surface area (Å²) in [5.41, 5.74) is 0. The Bertz CT molecular complexity index is 608. The van der Waals surface area contributed by atoms with Crippen LogP contribution in [-0.2, 0) is 18.9 Å². The van der Waals surface area contributed by atoms with Gasteiger partial charge in [-0.2, -0.15) is 0 Å². The van der Waals surface area contributed by atoms with Crippen molar-refractivity contribution in [2.24, 2.45) is 0 Å². The maximum absolute atomic E-state index is 10.6. The number of aliphatic hydroxyl groups excluding tert-OH is 7. The number of rotatable bonds is 20. The van der Waals surface area contributed by atoms with Gasteiger partial charge in [0.2, 0.25) is 0 Å². The summed E-state index contributed by atoms with van der Waals surface area (Å²) in [4.78, 5) is 0. The highest BCUT2D eigenvalue weighted by atomic mass is 16.7. The van der Waals surface area contributed by atoms with E-state index >= 15 is 0 Å². The zero-order valence-electron chi connectivity index (χ0n) is 23.6. The van der Waals surface area contributed by atoms with E-state index in [0.29, 0.717) is 6.61 Å². The summed E-state index contributed by atoms with van der Waals surface area (Å²) >= 11 is 0. The molecule has 0 aromatic heterocycles. The molecule has 39 heavy (non-hydrogen) atoms. The first kappa shape index (κ1) is 34.8. The van der Waals surface area contributed by atoms with E-state index in [-0.39, 0.29) is 0 Å². The van der Waals surface area contributed by atoms with Crippen LogP contribution in [0.3, 0.4) is 0 Å². The molecule has 2 aliphatic heterocycles. The Morgan fingerprint density at radius 1 is 0.513 bits per heavy atom. The van der Waals surface area contributed by atoms with Crippen LogP contribution < -0.4 is 0 Å². The predicted molar refractivity (Wildman–Crippen MR) is 143 cm³/mol. The third-order valence-corrected chi connectivity index (χ3v) is 7.74. The summed E-state index contributed by atoms with van der Waals surface area (Å²) in [5.74, 6) is 0. The molecule has 0 radical (unpaired) electrons. The summed E-state index contributed by atoms with van der Waals surface area (Å²) in [6.45, 7) is 1.34. The Morgan fingerprint density at radius 3 is 1.49 bits per heavy atom. The van der Waals surface area contributed by atoms with E-state index in [1.807, 2.05) is 0 Å². The molecule has 0 amide bonds. The van der Waals surface area contributed by atoms with Crippen LogP contribution in [0.2, 0.25) is 0 Å². The quantitative estimate of drug-likeness (QED) is 0.105. The molecular weight excluding hydrogens is 512 g/mol. The number of hydrogen-bond donors (Lipinski definition) is 7. The second kappa shape index (κ2) is 19.6. The van der Waals surface area contributed by atoms with E-state index in [1.54, 1.807) is 0 Å². The first-order chi connectivity index (χ1) is 18.8. The summed E-state index contributed by atoms with van der Waals surface area (Å²) in [6.07, 6.45) is 2.97. The van der Waals surface area contributed by atoms with Crippen LogP contribution in [0.4, 0.5) is 0 Å². The molecule has 232 valence electrons. The highest BCUT2D eigenvalue weighted by Gasteiger charge is 2.50. The van der Waals surface area contributed by atoms with Crippen molar-refractivity contribution < 1.29 is 54.7 Å². The van der Waals surface area contributed by atoms with Crippen molar-refractivity contribution in [1.82, 2.24) is 0 Å². The lowest BCUT2D eigenvalue weighted by Gasteiger charge is -2.45. The lowest BCUT2D eigenvalue weighted by molar-refractivity contribution is -0.359. The van der Waals surface area contributed by atoms with E-state index in [2.05, 4.69) is 6.92 Å². The SMILES string of the molecule is CCCCCCCCCCCCCCCCOC1OC(CO)C(OC2OC(CO)C(O)C(O)C2O)C(O)C1O. The average Bonchev–Trinajstić information content (AvgIpc) is 2.94. The smallest absolute Gasteiger partial charge is 0.187 e. The van der Waals surface area contributed by atoms with Crippen LogP contribution in [-0.4, -0.2) is 117 Å². The third kappa shape index (κ3) is 11.4. The first-order valence-corrected chi connectivity index (χ1v) is 15.1. The Balaban J connectivity index is 1.62. The van der Waals surface area contributed by atoms with Crippen molar-refractivity contribution in [3.05, 3.63) is 0 Å². The summed E-state index contributed by atoms with van der Waals surface area (Å²) in [7, 11) is 0. The molecule has 10 atom stereocenters. The fraction of sp³-hybridized carbons (Fsp3) is 1.00. The van der Waals surface area contributed by atoms with E-state index in [0.717, 1.165) is 19.3 Å². The van der Waals surface area contributed by atoms with Crippen molar-refractivity contribution in [3.8, 4) is 0 Å². The van der Waals surface area contributed by atoms with E-state index in [4.69, 9.17) is 18.9 Å². The van der Waals surface area contributed by atoms with Crippen LogP contribution in [0.1, 0.15) is 96.8 Å². The molecular formula is C28H54O11. The summed E-state index contributed by atoms with van der Waals surface area (Å²) in [6, 6.07) is 0. The second-order valence-electron chi connectivity index (χ2n) is 11.0. The monoisotopic (exact) mass is 566 g/mol. The van der Waals surface area contributed by atoms with Crippen LogP contribution in [0.25, 0.3) is 0 Å². The van der Waals surface area contributed by atoms with Gasteiger partial charge in [0, 0.05) is 6.61 Å². The molecule has 10 unspecified atom stereocenters. The number of ether oxygens (including phenoxy) is 4. The molecule has 2 aliphatic rings. The number of hydrogen-bond acceptors (Lipinski definition) is 11. The molecule has 11 nitrogen and oxygen atoms in total. The Morgan fingerprint density at radius 2 is 0.974 bits per heavy atom. The maximum Gasteiger partial charge on any atom is 0.187 e. The fourth-order valence-electron chi connectivity index (χ4n) is 5.19. The lowest BCUT2D eigenvalue weighted by Crippen LogP contribution is -2.64. The minimum Gasteiger partial charge on any atom is -0.394 e. The molecule has 2 rings (SSSR count). The Kier molecular flexibility index (Phi) is 17.5. The largest absolute Gasteiger partial charge is 0.394 e. The van der Waals surface area contributed by atoms with E-state index in [9.17, 15) is 35.7 Å². The highest BCUT2D eigenvalue weighted by molar-refractivity contribution is 4.94. The molecule has 0 spiro atoms. The first-order valence-electron chi connectivity index (χ1n) is 15.1. The molecule has 0 saturated carbocycles. The van der Waals surface area contributed by atoms with Crippen LogP contribution in [0, 0.1) is 0 Å². The van der Waals surface area contributed by atoms with Gasteiger partial charge >= 0.3 is 0 Å². The van der Waals surface area contributed by atoms with Crippen LogP contribution >= 0.6 is 0 Å². The third-order valence-electron chi connectivity index (χ3n) is 7.74. The van der Waals surface area contributed by atoms with Crippen LogP contribution in [0.5, 0.6) is 0 Å². The number of unbranched alkanes of at least 4 members (excludes halogenated alkanes) is 13. The molecule has 2 heterocycles. The highest BCUT2D eigenvalue weighted by Crippen LogP contribution is 2.29. The van der Waals surface area contributed by atoms with Gasteiger partial charge in [-0.1, -0.05) is 90.4 Å². The van der Waals surface area contributed by atoms with E-state index in [1.165, 1.54) is 70.6 Å². The molecule has 2 fully saturated rings. The molecule has 7 N–H and O–H groups in total. The molecule has 0 bridgehead atoms. The van der Waals surface area contributed by atoms with Crippen molar-refractivity contribution >= 4 is 0 Å². The standard InChI is InChI=1S/C28H54O11/c1-2-3-4-5-6-7-8-9-10-11-12-13-14-15-16-36-27-25(35)23(33)26(20(18-30)38-27)39-28-24(34)22(32)21(31)19(17-29)37-28/h19-35H,2-18H2,1H3. The normalized spacial score (nSPS) is 35.4. The second-order valence-corrected chi connectivity index (χ2v) is 11.0. The minimum atomic E-state index is -1.69. The van der Waals surface area contributed by atoms with Crippen molar-refractivity contribution in [3.63, 3.8) is 0 Å². The van der Waals surface area contributed by atoms with Gasteiger partial charge in [-0.15, -0.1) is 0 Å². The summed E-state index contributed by atoms with van der Waals surface area (Å²) in [5, 5.41) is 70.4. The molecule has 0 aromatic carbocycles. The molecule has 2 saturated heterocycles.